The minimum absolute atomic E-state index is 0.0160. The van der Waals surface area contributed by atoms with Gasteiger partial charge < -0.3 is 5.32 Å². The van der Waals surface area contributed by atoms with Crippen LogP contribution in [0.2, 0.25) is 0 Å². The van der Waals surface area contributed by atoms with Crippen molar-refractivity contribution in [2.45, 2.75) is 31.1 Å². The molecular formula is C14H18ClNO. The summed E-state index contributed by atoms with van der Waals surface area (Å²) >= 11 is 6.13. The Bertz CT molecular complexity index is 366. The molecule has 2 rings (SSSR count). The van der Waals surface area contributed by atoms with Crippen LogP contribution in [0, 0.1) is 5.92 Å². The zero-order valence-corrected chi connectivity index (χ0v) is 10.6. The molecule has 1 aromatic carbocycles. The summed E-state index contributed by atoms with van der Waals surface area (Å²) in [4.78, 5) is 11.8. The van der Waals surface area contributed by atoms with Gasteiger partial charge >= 0.3 is 0 Å². The summed E-state index contributed by atoms with van der Waals surface area (Å²) in [6, 6.07) is 9.34. The highest BCUT2D eigenvalue weighted by atomic mass is 35.5. The van der Waals surface area contributed by atoms with Crippen LogP contribution in [-0.4, -0.2) is 17.8 Å². The van der Waals surface area contributed by atoms with Crippen molar-refractivity contribution in [2.75, 3.05) is 6.54 Å². The van der Waals surface area contributed by atoms with Crippen LogP contribution in [-0.2, 0) is 0 Å². The van der Waals surface area contributed by atoms with Gasteiger partial charge in [0.2, 0.25) is 0 Å². The third-order valence-corrected chi connectivity index (χ3v) is 3.70. The van der Waals surface area contributed by atoms with Crippen LogP contribution < -0.4 is 5.32 Å². The molecule has 1 aromatic rings. The zero-order chi connectivity index (χ0) is 12.1. The van der Waals surface area contributed by atoms with E-state index in [1.165, 1.54) is 12.8 Å². The fourth-order valence-corrected chi connectivity index (χ4v) is 2.75. The number of benzene rings is 1. The number of halogens is 1. The molecule has 17 heavy (non-hydrogen) atoms. The summed E-state index contributed by atoms with van der Waals surface area (Å²) in [7, 11) is 0. The maximum atomic E-state index is 11.8. The maximum Gasteiger partial charge on any atom is 0.251 e. The van der Waals surface area contributed by atoms with E-state index in [2.05, 4.69) is 5.32 Å². The van der Waals surface area contributed by atoms with Crippen molar-refractivity contribution in [2.24, 2.45) is 5.92 Å². The smallest absolute Gasteiger partial charge is 0.251 e. The number of nitrogens with one attached hydrogen (secondary N) is 1. The fraction of sp³-hybridized carbons (Fsp3) is 0.500. The largest absolute Gasteiger partial charge is 0.352 e. The molecule has 1 aliphatic carbocycles. The molecule has 1 aliphatic rings. The Hall–Kier alpha value is -1.02. The molecule has 0 spiro atoms. The van der Waals surface area contributed by atoms with Crippen molar-refractivity contribution < 1.29 is 4.79 Å². The van der Waals surface area contributed by atoms with Gasteiger partial charge in [-0.2, -0.15) is 0 Å². The van der Waals surface area contributed by atoms with E-state index in [0.717, 1.165) is 24.9 Å². The van der Waals surface area contributed by atoms with E-state index in [4.69, 9.17) is 11.6 Å². The molecule has 1 N–H and O–H groups in total. The summed E-state index contributed by atoms with van der Waals surface area (Å²) in [6.45, 7) is 0.747. The van der Waals surface area contributed by atoms with Gasteiger partial charge in [-0.15, -0.1) is 11.6 Å². The van der Waals surface area contributed by atoms with E-state index >= 15 is 0 Å². The van der Waals surface area contributed by atoms with E-state index in [-0.39, 0.29) is 5.91 Å². The Labute approximate surface area is 107 Å². The fourth-order valence-electron chi connectivity index (χ4n) is 2.34. The number of carbonyl (C=O) groups excluding carboxylic acids is 1. The van der Waals surface area contributed by atoms with Crippen molar-refractivity contribution >= 4 is 17.5 Å². The van der Waals surface area contributed by atoms with Crippen molar-refractivity contribution in [1.82, 2.24) is 5.32 Å². The second-order valence-electron chi connectivity index (χ2n) is 4.71. The van der Waals surface area contributed by atoms with Gasteiger partial charge in [0.1, 0.15) is 0 Å². The molecule has 2 unspecified atom stereocenters. The molecule has 2 nitrogen and oxygen atoms in total. The van der Waals surface area contributed by atoms with Crippen molar-refractivity contribution in [3.8, 4) is 0 Å². The number of rotatable bonds is 3. The first kappa shape index (κ1) is 12.4. The molecule has 1 saturated carbocycles. The van der Waals surface area contributed by atoms with E-state index in [1.807, 2.05) is 30.3 Å². The molecule has 0 aromatic heterocycles. The Morgan fingerprint density at radius 2 is 2.06 bits per heavy atom. The van der Waals surface area contributed by atoms with Crippen LogP contribution in [0.15, 0.2) is 30.3 Å². The first-order valence-corrected chi connectivity index (χ1v) is 6.66. The van der Waals surface area contributed by atoms with Gasteiger partial charge in [0.25, 0.3) is 5.91 Å². The third kappa shape index (κ3) is 3.74. The van der Waals surface area contributed by atoms with Gasteiger partial charge in [0.15, 0.2) is 0 Å². The summed E-state index contributed by atoms with van der Waals surface area (Å²) in [6.07, 6.45) is 4.50. The number of hydrogen-bond donors (Lipinski definition) is 1. The Kier molecular flexibility index (Phi) is 4.43. The molecule has 0 radical (unpaired) electrons. The topological polar surface area (TPSA) is 29.1 Å². The van der Waals surface area contributed by atoms with Crippen LogP contribution in [0.25, 0.3) is 0 Å². The van der Waals surface area contributed by atoms with E-state index in [1.54, 1.807) is 0 Å². The average molecular weight is 252 g/mol. The Balaban J connectivity index is 1.80. The van der Waals surface area contributed by atoms with Gasteiger partial charge in [-0.3, -0.25) is 4.79 Å². The second-order valence-corrected chi connectivity index (χ2v) is 5.32. The molecule has 0 aliphatic heterocycles. The standard InChI is InChI=1S/C14H18ClNO/c15-13-8-4-5-11(9-13)10-16-14(17)12-6-2-1-3-7-12/h1-3,6-7,11,13H,4-5,8-10H2,(H,16,17). The van der Waals surface area contributed by atoms with E-state index < -0.39 is 0 Å². The predicted octanol–water partition coefficient (Wildman–Crippen LogP) is 3.21. The monoisotopic (exact) mass is 251 g/mol. The van der Waals surface area contributed by atoms with E-state index in [9.17, 15) is 4.79 Å². The molecule has 2 atom stereocenters. The minimum atomic E-state index is 0.0160. The van der Waals surface area contributed by atoms with Crippen LogP contribution in [0.5, 0.6) is 0 Å². The highest BCUT2D eigenvalue weighted by molar-refractivity contribution is 6.20. The van der Waals surface area contributed by atoms with Crippen molar-refractivity contribution in [1.29, 1.82) is 0 Å². The summed E-state index contributed by atoms with van der Waals surface area (Å²) in [5, 5.41) is 3.29. The Morgan fingerprint density at radius 3 is 2.76 bits per heavy atom. The molecule has 0 saturated heterocycles. The van der Waals surface area contributed by atoms with Gasteiger partial charge in [0.05, 0.1) is 0 Å². The summed E-state index contributed by atoms with van der Waals surface area (Å²) < 4.78 is 0. The lowest BCUT2D eigenvalue weighted by Crippen LogP contribution is -2.31. The normalized spacial score (nSPS) is 24.3. The molecule has 92 valence electrons. The number of alkyl halides is 1. The lowest BCUT2D eigenvalue weighted by Gasteiger charge is -2.25. The van der Waals surface area contributed by atoms with Crippen LogP contribution >= 0.6 is 11.6 Å². The number of carbonyl (C=O) groups is 1. The van der Waals surface area contributed by atoms with Gasteiger partial charge in [-0.1, -0.05) is 24.6 Å². The molecule has 1 fully saturated rings. The first-order valence-electron chi connectivity index (χ1n) is 6.23. The van der Waals surface area contributed by atoms with Crippen molar-refractivity contribution in [3.05, 3.63) is 35.9 Å². The molecule has 0 heterocycles. The Morgan fingerprint density at radius 1 is 1.29 bits per heavy atom. The number of hydrogen-bond acceptors (Lipinski definition) is 1. The molecule has 3 heteroatoms. The molecule has 0 bridgehead atoms. The minimum Gasteiger partial charge on any atom is -0.352 e. The average Bonchev–Trinajstić information content (AvgIpc) is 2.37. The highest BCUT2D eigenvalue weighted by Gasteiger charge is 2.20. The zero-order valence-electron chi connectivity index (χ0n) is 9.86. The molecular weight excluding hydrogens is 234 g/mol. The first-order chi connectivity index (χ1) is 8.25. The van der Waals surface area contributed by atoms with Gasteiger partial charge in [-0.05, 0) is 37.3 Å². The lowest BCUT2D eigenvalue weighted by atomic mass is 9.89. The third-order valence-electron chi connectivity index (χ3n) is 3.31. The van der Waals surface area contributed by atoms with Crippen LogP contribution in [0.1, 0.15) is 36.0 Å². The SMILES string of the molecule is O=C(NCC1CCCC(Cl)C1)c1ccccc1. The molecule has 1 amide bonds. The predicted molar refractivity (Wildman–Crippen MR) is 70.4 cm³/mol. The summed E-state index contributed by atoms with van der Waals surface area (Å²) in [5.41, 5.74) is 0.728. The second kappa shape index (κ2) is 6.06. The maximum absolute atomic E-state index is 11.8. The number of amides is 1. The van der Waals surface area contributed by atoms with Gasteiger partial charge in [-0.25, -0.2) is 0 Å². The van der Waals surface area contributed by atoms with Crippen molar-refractivity contribution in [3.63, 3.8) is 0 Å². The lowest BCUT2D eigenvalue weighted by molar-refractivity contribution is 0.0943. The van der Waals surface area contributed by atoms with E-state index in [0.29, 0.717) is 11.3 Å². The van der Waals surface area contributed by atoms with Crippen LogP contribution in [0.4, 0.5) is 0 Å². The summed E-state index contributed by atoms with van der Waals surface area (Å²) in [5.74, 6) is 0.557. The van der Waals surface area contributed by atoms with Crippen LogP contribution in [0.3, 0.4) is 0 Å². The quantitative estimate of drug-likeness (QED) is 0.822. The highest BCUT2D eigenvalue weighted by Crippen LogP contribution is 2.27. The van der Waals surface area contributed by atoms with Gasteiger partial charge in [0, 0.05) is 17.5 Å².